The van der Waals surface area contributed by atoms with E-state index in [9.17, 15) is 0 Å². The van der Waals surface area contributed by atoms with Gasteiger partial charge in [0, 0.05) is 39.8 Å². The van der Waals surface area contributed by atoms with Crippen molar-refractivity contribution in [2.24, 2.45) is 9.98 Å². The molecule has 0 radical (unpaired) electrons. The predicted octanol–water partition coefficient (Wildman–Crippen LogP) is 7.74. The molecule has 168 valence electrons. The molecule has 0 amide bonds. The standard InChI is InChI=1S/C31H24N4/c1-3-7-30-24(5-1)18-28(35-30)21-33-27-15-11-23(12-16-27)17-22-9-13-26(14-10-22)32-19-25-20-34-31-8-4-2-6-29(25)31/h1-16,18-21,34-35H,17H2. The summed E-state index contributed by atoms with van der Waals surface area (Å²) in [6.45, 7) is 0. The van der Waals surface area contributed by atoms with Gasteiger partial charge in [-0.05, 0) is 60.0 Å². The minimum atomic E-state index is 0.873. The van der Waals surface area contributed by atoms with Gasteiger partial charge in [0.25, 0.3) is 0 Å². The highest BCUT2D eigenvalue weighted by molar-refractivity contribution is 5.99. The Kier molecular flexibility index (Phi) is 5.53. The monoisotopic (exact) mass is 452 g/mol. The molecule has 6 aromatic rings. The molecule has 0 fully saturated rings. The number of para-hydroxylation sites is 2. The van der Waals surface area contributed by atoms with Crippen molar-refractivity contribution in [3.63, 3.8) is 0 Å². The van der Waals surface area contributed by atoms with Gasteiger partial charge in [-0.25, -0.2) is 0 Å². The SMILES string of the molecule is C(=Nc1ccc(Cc2ccc(N=Cc3c[nH]c4ccccc34)cc2)cc1)c1cc2ccccc2[nH]1. The first-order valence-electron chi connectivity index (χ1n) is 11.7. The van der Waals surface area contributed by atoms with Crippen molar-refractivity contribution in [3.8, 4) is 0 Å². The van der Waals surface area contributed by atoms with Crippen LogP contribution in [0.5, 0.6) is 0 Å². The summed E-state index contributed by atoms with van der Waals surface area (Å²) in [5, 5.41) is 2.38. The number of aromatic amines is 2. The number of H-pyrrole nitrogens is 2. The molecule has 0 bridgehead atoms. The Hall–Kier alpha value is -4.70. The average Bonchev–Trinajstić information content (AvgIpc) is 3.52. The Labute approximate surface area is 203 Å². The fraction of sp³-hybridized carbons (Fsp3) is 0.0323. The molecule has 0 atom stereocenters. The third kappa shape index (κ3) is 4.68. The minimum absolute atomic E-state index is 0.873. The molecule has 2 N–H and O–H groups in total. The van der Waals surface area contributed by atoms with E-state index in [1.807, 2.05) is 42.9 Å². The van der Waals surface area contributed by atoms with Crippen LogP contribution in [-0.2, 0) is 6.42 Å². The van der Waals surface area contributed by atoms with Crippen LogP contribution in [0.25, 0.3) is 21.8 Å². The van der Waals surface area contributed by atoms with Gasteiger partial charge in [0.15, 0.2) is 0 Å². The maximum atomic E-state index is 4.65. The molecular formula is C31H24N4. The molecule has 35 heavy (non-hydrogen) atoms. The number of fused-ring (bicyclic) bond motifs is 2. The van der Waals surface area contributed by atoms with Gasteiger partial charge in [0.05, 0.1) is 23.3 Å². The van der Waals surface area contributed by atoms with E-state index in [0.717, 1.165) is 40.1 Å². The Morgan fingerprint density at radius 1 is 0.629 bits per heavy atom. The summed E-state index contributed by atoms with van der Waals surface area (Å²) in [5.74, 6) is 0. The van der Waals surface area contributed by atoms with E-state index in [1.54, 1.807) is 0 Å². The lowest BCUT2D eigenvalue weighted by Gasteiger charge is -2.03. The second-order valence-electron chi connectivity index (χ2n) is 8.63. The summed E-state index contributed by atoms with van der Waals surface area (Å²) >= 11 is 0. The van der Waals surface area contributed by atoms with Gasteiger partial charge in [0.1, 0.15) is 0 Å². The molecule has 0 unspecified atom stereocenters. The first-order chi connectivity index (χ1) is 17.3. The van der Waals surface area contributed by atoms with Gasteiger partial charge in [0.2, 0.25) is 0 Å². The zero-order chi connectivity index (χ0) is 23.5. The van der Waals surface area contributed by atoms with E-state index in [0.29, 0.717) is 0 Å². The lowest BCUT2D eigenvalue weighted by atomic mass is 10.0. The maximum absolute atomic E-state index is 4.65. The smallest absolute Gasteiger partial charge is 0.0630 e. The summed E-state index contributed by atoms with van der Waals surface area (Å²) in [7, 11) is 0. The zero-order valence-corrected chi connectivity index (χ0v) is 19.1. The second kappa shape index (κ2) is 9.27. The fourth-order valence-electron chi connectivity index (χ4n) is 4.29. The molecule has 0 aliphatic rings. The molecule has 0 saturated heterocycles. The summed E-state index contributed by atoms with van der Waals surface area (Å²) in [5.41, 5.74) is 8.74. The Bertz CT molecular complexity index is 1620. The van der Waals surface area contributed by atoms with E-state index < -0.39 is 0 Å². The van der Waals surface area contributed by atoms with Crippen LogP contribution in [0.15, 0.2) is 119 Å². The highest BCUT2D eigenvalue weighted by Gasteiger charge is 2.01. The van der Waals surface area contributed by atoms with Crippen molar-refractivity contribution in [2.45, 2.75) is 6.42 Å². The van der Waals surface area contributed by atoms with Gasteiger partial charge in [-0.15, -0.1) is 0 Å². The third-order valence-corrected chi connectivity index (χ3v) is 6.16. The van der Waals surface area contributed by atoms with Crippen LogP contribution in [0.3, 0.4) is 0 Å². The van der Waals surface area contributed by atoms with Crippen LogP contribution in [0.2, 0.25) is 0 Å². The van der Waals surface area contributed by atoms with Crippen LogP contribution >= 0.6 is 0 Å². The fourth-order valence-corrected chi connectivity index (χ4v) is 4.29. The molecule has 4 nitrogen and oxygen atoms in total. The average molecular weight is 453 g/mol. The molecule has 0 aliphatic heterocycles. The number of rotatable bonds is 6. The van der Waals surface area contributed by atoms with Crippen LogP contribution in [0.4, 0.5) is 11.4 Å². The summed E-state index contributed by atoms with van der Waals surface area (Å²) < 4.78 is 0. The van der Waals surface area contributed by atoms with E-state index in [2.05, 4.69) is 98.8 Å². The summed E-state index contributed by atoms with van der Waals surface area (Å²) in [4.78, 5) is 15.9. The molecule has 2 aromatic heterocycles. The van der Waals surface area contributed by atoms with Crippen LogP contribution in [-0.4, -0.2) is 22.4 Å². The Morgan fingerprint density at radius 3 is 1.97 bits per heavy atom. The van der Waals surface area contributed by atoms with Gasteiger partial charge in [-0.1, -0.05) is 60.7 Å². The van der Waals surface area contributed by atoms with Crippen molar-refractivity contribution in [1.29, 1.82) is 0 Å². The molecule has 2 heterocycles. The predicted molar refractivity (Wildman–Crippen MR) is 147 cm³/mol. The molecule has 6 rings (SSSR count). The van der Waals surface area contributed by atoms with Crippen LogP contribution in [0, 0.1) is 0 Å². The van der Waals surface area contributed by atoms with Gasteiger partial charge in [-0.3, -0.25) is 9.98 Å². The highest BCUT2D eigenvalue weighted by atomic mass is 14.8. The van der Waals surface area contributed by atoms with Crippen molar-refractivity contribution in [3.05, 3.63) is 132 Å². The number of hydrogen-bond donors (Lipinski definition) is 2. The molecule has 4 heteroatoms. The zero-order valence-electron chi connectivity index (χ0n) is 19.1. The van der Waals surface area contributed by atoms with Crippen LogP contribution in [0.1, 0.15) is 22.4 Å². The van der Waals surface area contributed by atoms with E-state index >= 15 is 0 Å². The quantitative estimate of drug-likeness (QED) is 0.243. The number of nitrogens with one attached hydrogen (secondary N) is 2. The number of aromatic nitrogens is 2. The second-order valence-corrected chi connectivity index (χ2v) is 8.63. The topological polar surface area (TPSA) is 56.3 Å². The lowest BCUT2D eigenvalue weighted by Crippen LogP contribution is -1.87. The number of hydrogen-bond acceptors (Lipinski definition) is 2. The maximum Gasteiger partial charge on any atom is 0.0630 e. The van der Waals surface area contributed by atoms with Gasteiger partial charge in [-0.2, -0.15) is 0 Å². The number of nitrogens with zero attached hydrogens (tertiary/aromatic N) is 2. The number of aliphatic imine (C=N–C) groups is 2. The first kappa shape index (κ1) is 20.9. The largest absolute Gasteiger partial charge is 0.361 e. The Morgan fingerprint density at radius 2 is 1.26 bits per heavy atom. The summed E-state index contributed by atoms with van der Waals surface area (Å²) in [6.07, 6.45) is 6.67. The molecule has 4 aromatic carbocycles. The third-order valence-electron chi connectivity index (χ3n) is 6.16. The van der Waals surface area contributed by atoms with Crippen molar-refractivity contribution in [1.82, 2.24) is 9.97 Å². The highest BCUT2D eigenvalue weighted by Crippen LogP contribution is 2.21. The number of benzene rings is 4. The lowest BCUT2D eigenvalue weighted by molar-refractivity contribution is 1.19. The van der Waals surface area contributed by atoms with E-state index in [1.165, 1.54) is 21.9 Å². The van der Waals surface area contributed by atoms with Crippen molar-refractivity contribution < 1.29 is 0 Å². The van der Waals surface area contributed by atoms with E-state index in [4.69, 9.17) is 0 Å². The molecule has 0 spiro atoms. The normalized spacial score (nSPS) is 11.9. The van der Waals surface area contributed by atoms with E-state index in [-0.39, 0.29) is 0 Å². The minimum Gasteiger partial charge on any atom is -0.361 e. The molecular weight excluding hydrogens is 428 g/mol. The van der Waals surface area contributed by atoms with Crippen LogP contribution < -0.4 is 0 Å². The first-order valence-corrected chi connectivity index (χ1v) is 11.7. The van der Waals surface area contributed by atoms with Crippen molar-refractivity contribution in [2.75, 3.05) is 0 Å². The van der Waals surface area contributed by atoms with Gasteiger partial charge >= 0.3 is 0 Å². The van der Waals surface area contributed by atoms with Gasteiger partial charge < -0.3 is 9.97 Å². The molecule has 0 saturated carbocycles. The molecule has 0 aliphatic carbocycles. The van der Waals surface area contributed by atoms with Crippen molar-refractivity contribution >= 4 is 45.6 Å². The Balaban J connectivity index is 1.09. The summed E-state index contributed by atoms with van der Waals surface area (Å²) in [6, 6.07) is 35.4.